The fourth-order valence-electron chi connectivity index (χ4n) is 2.51. The standard InChI is InChI=1S/C14H25N3OS/c1-10(2)8-12(15)14-16-13(17-18-14)9-19-11-6-4-3-5-7-11/h10-12H,3-9,15H2,1-2H3/t12-/m1/s1. The highest BCUT2D eigenvalue weighted by Gasteiger charge is 2.18. The molecule has 0 aliphatic heterocycles. The van der Waals surface area contributed by atoms with Gasteiger partial charge in [0.2, 0.25) is 5.89 Å². The summed E-state index contributed by atoms with van der Waals surface area (Å²) in [6.07, 6.45) is 7.69. The van der Waals surface area contributed by atoms with Crippen LogP contribution in [0.2, 0.25) is 0 Å². The first-order valence-electron chi connectivity index (χ1n) is 7.35. The first-order chi connectivity index (χ1) is 9.15. The van der Waals surface area contributed by atoms with Crippen molar-refractivity contribution in [1.29, 1.82) is 0 Å². The van der Waals surface area contributed by atoms with E-state index in [1.54, 1.807) is 0 Å². The molecule has 0 amide bonds. The maximum absolute atomic E-state index is 6.05. The average molecular weight is 283 g/mol. The van der Waals surface area contributed by atoms with Gasteiger partial charge < -0.3 is 10.3 Å². The second-order valence-electron chi connectivity index (χ2n) is 5.86. The van der Waals surface area contributed by atoms with Crippen LogP contribution in [0.15, 0.2) is 4.52 Å². The Kier molecular flexibility index (Phi) is 5.70. The Labute approximate surface area is 119 Å². The van der Waals surface area contributed by atoms with Gasteiger partial charge in [0.25, 0.3) is 0 Å². The average Bonchev–Trinajstić information content (AvgIpc) is 2.86. The smallest absolute Gasteiger partial charge is 0.243 e. The third kappa shape index (κ3) is 4.80. The van der Waals surface area contributed by atoms with Crippen molar-refractivity contribution in [2.45, 2.75) is 69.4 Å². The zero-order chi connectivity index (χ0) is 13.7. The second-order valence-corrected chi connectivity index (χ2v) is 7.14. The van der Waals surface area contributed by atoms with Crippen LogP contribution in [0.4, 0.5) is 0 Å². The van der Waals surface area contributed by atoms with Gasteiger partial charge in [0, 0.05) is 5.25 Å². The van der Waals surface area contributed by atoms with Gasteiger partial charge in [0.15, 0.2) is 5.82 Å². The molecule has 0 bridgehead atoms. The highest BCUT2D eigenvalue weighted by molar-refractivity contribution is 7.99. The Hall–Kier alpha value is -0.550. The molecule has 108 valence electrons. The molecule has 1 aromatic rings. The summed E-state index contributed by atoms with van der Waals surface area (Å²) in [5, 5.41) is 4.82. The minimum atomic E-state index is -0.124. The second kappa shape index (κ2) is 7.29. The van der Waals surface area contributed by atoms with Gasteiger partial charge >= 0.3 is 0 Å². The Morgan fingerprint density at radius 2 is 2.05 bits per heavy atom. The highest BCUT2D eigenvalue weighted by atomic mass is 32.2. The van der Waals surface area contributed by atoms with Gasteiger partial charge in [-0.25, -0.2) is 0 Å². The fraction of sp³-hybridized carbons (Fsp3) is 0.857. The lowest BCUT2D eigenvalue weighted by Crippen LogP contribution is -2.13. The molecule has 1 heterocycles. The molecule has 1 atom stereocenters. The maximum atomic E-state index is 6.05. The van der Waals surface area contributed by atoms with E-state index in [0.29, 0.717) is 11.8 Å². The summed E-state index contributed by atoms with van der Waals surface area (Å²) >= 11 is 1.96. The molecule has 0 spiro atoms. The van der Waals surface area contributed by atoms with E-state index in [1.807, 2.05) is 11.8 Å². The van der Waals surface area contributed by atoms with E-state index < -0.39 is 0 Å². The van der Waals surface area contributed by atoms with Crippen LogP contribution in [-0.2, 0) is 5.75 Å². The van der Waals surface area contributed by atoms with Crippen molar-refractivity contribution >= 4 is 11.8 Å². The SMILES string of the molecule is CC(C)C[C@@H](N)c1nc(CSC2CCCCC2)no1. The molecule has 1 aliphatic carbocycles. The molecule has 1 fully saturated rings. The van der Waals surface area contributed by atoms with Crippen LogP contribution < -0.4 is 5.73 Å². The number of rotatable bonds is 6. The monoisotopic (exact) mass is 283 g/mol. The minimum absolute atomic E-state index is 0.124. The van der Waals surface area contributed by atoms with Gasteiger partial charge in [0.1, 0.15) is 0 Å². The molecule has 0 aromatic carbocycles. The number of nitrogens with two attached hydrogens (primary N) is 1. The van der Waals surface area contributed by atoms with E-state index >= 15 is 0 Å². The maximum Gasteiger partial charge on any atom is 0.243 e. The van der Waals surface area contributed by atoms with E-state index in [-0.39, 0.29) is 6.04 Å². The summed E-state index contributed by atoms with van der Waals surface area (Å²) in [5.41, 5.74) is 6.05. The van der Waals surface area contributed by atoms with Gasteiger partial charge in [-0.3, -0.25) is 0 Å². The fourth-order valence-corrected chi connectivity index (χ4v) is 3.68. The number of hydrogen-bond acceptors (Lipinski definition) is 5. The van der Waals surface area contributed by atoms with E-state index in [0.717, 1.165) is 23.2 Å². The molecule has 5 heteroatoms. The number of hydrogen-bond donors (Lipinski definition) is 1. The van der Waals surface area contributed by atoms with Gasteiger partial charge in [-0.2, -0.15) is 16.7 Å². The van der Waals surface area contributed by atoms with Crippen LogP contribution >= 0.6 is 11.8 Å². The molecular formula is C14H25N3OS. The zero-order valence-corrected chi connectivity index (χ0v) is 12.8. The van der Waals surface area contributed by atoms with E-state index in [9.17, 15) is 0 Å². The molecule has 0 unspecified atom stereocenters. The van der Waals surface area contributed by atoms with Crippen LogP contribution in [0.25, 0.3) is 0 Å². The van der Waals surface area contributed by atoms with Crippen molar-refractivity contribution in [3.8, 4) is 0 Å². The molecule has 2 rings (SSSR count). The topological polar surface area (TPSA) is 64.9 Å². The number of nitrogens with zero attached hydrogens (tertiary/aromatic N) is 2. The van der Waals surface area contributed by atoms with Crippen molar-refractivity contribution in [3.63, 3.8) is 0 Å². The first-order valence-corrected chi connectivity index (χ1v) is 8.39. The molecule has 4 nitrogen and oxygen atoms in total. The Balaban J connectivity index is 1.79. The lowest BCUT2D eigenvalue weighted by atomic mass is 10.0. The lowest BCUT2D eigenvalue weighted by molar-refractivity contribution is 0.333. The third-order valence-corrected chi connectivity index (χ3v) is 4.89. The predicted octanol–water partition coefficient (Wildman–Crippen LogP) is 3.68. The molecule has 1 aromatic heterocycles. The van der Waals surface area contributed by atoms with Crippen LogP contribution in [0.3, 0.4) is 0 Å². The van der Waals surface area contributed by atoms with Crippen molar-refractivity contribution in [3.05, 3.63) is 11.7 Å². The number of thioether (sulfide) groups is 1. The van der Waals surface area contributed by atoms with E-state index in [1.165, 1.54) is 32.1 Å². The Morgan fingerprint density at radius 3 is 2.74 bits per heavy atom. The summed E-state index contributed by atoms with van der Waals surface area (Å²) in [4.78, 5) is 4.42. The van der Waals surface area contributed by atoms with Crippen molar-refractivity contribution in [1.82, 2.24) is 10.1 Å². The quantitative estimate of drug-likeness (QED) is 0.862. The minimum Gasteiger partial charge on any atom is -0.338 e. The van der Waals surface area contributed by atoms with Gasteiger partial charge in [-0.05, 0) is 25.2 Å². The van der Waals surface area contributed by atoms with Crippen LogP contribution in [-0.4, -0.2) is 15.4 Å². The summed E-state index contributed by atoms with van der Waals surface area (Å²) in [6, 6.07) is -0.124. The van der Waals surface area contributed by atoms with Crippen LogP contribution in [0.1, 0.15) is 70.1 Å². The molecule has 19 heavy (non-hydrogen) atoms. The normalized spacial score (nSPS) is 18.9. The molecule has 0 radical (unpaired) electrons. The van der Waals surface area contributed by atoms with Crippen LogP contribution in [0, 0.1) is 5.92 Å². The van der Waals surface area contributed by atoms with E-state index in [4.69, 9.17) is 10.3 Å². The van der Waals surface area contributed by atoms with Gasteiger partial charge in [-0.1, -0.05) is 38.3 Å². The molecular weight excluding hydrogens is 258 g/mol. The molecule has 1 aliphatic rings. The van der Waals surface area contributed by atoms with Crippen LogP contribution in [0.5, 0.6) is 0 Å². The summed E-state index contributed by atoms with van der Waals surface area (Å²) in [6.45, 7) is 4.30. The Morgan fingerprint density at radius 1 is 1.32 bits per heavy atom. The Bertz CT molecular complexity index is 375. The summed E-state index contributed by atoms with van der Waals surface area (Å²) in [5.74, 6) is 2.78. The molecule has 0 saturated heterocycles. The predicted molar refractivity (Wildman–Crippen MR) is 78.8 cm³/mol. The third-order valence-electron chi connectivity index (χ3n) is 3.53. The zero-order valence-electron chi connectivity index (χ0n) is 12.0. The largest absolute Gasteiger partial charge is 0.338 e. The highest BCUT2D eigenvalue weighted by Crippen LogP contribution is 2.30. The first kappa shape index (κ1) is 14.9. The molecule has 2 N–H and O–H groups in total. The summed E-state index contributed by atoms with van der Waals surface area (Å²) in [7, 11) is 0. The lowest BCUT2D eigenvalue weighted by Gasteiger charge is -2.20. The van der Waals surface area contributed by atoms with Gasteiger partial charge in [0.05, 0.1) is 11.8 Å². The van der Waals surface area contributed by atoms with Crippen molar-refractivity contribution < 1.29 is 4.52 Å². The van der Waals surface area contributed by atoms with Gasteiger partial charge in [-0.15, -0.1) is 0 Å². The number of aromatic nitrogens is 2. The summed E-state index contributed by atoms with van der Waals surface area (Å²) < 4.78 is 5.27. The molecule has 1 saturated carbocycles. The van der Waals surface area contributed by atoms with Crippen molar-refractivity contribution in [2.75, 3.05) is 0 Å². The van der Waals surface area contributed by atoms with Crippen molar-refractivity contribution in [2.24, 2.45) is 11.7 Å². The van der Waals surface area contributed by atoms with E-state index in [2.05, 4.69) is 24.0 Å².